The van der Waals surface area contributed by atoms with E-state index >= 15 is 0 Å². The molecule has 0 aromatic carbocycles. The first-order chi connectivity index (χ1) is 10.1. The second-order valence-electron chi connectivity index (χ2n) is 5.27. The van der Waals surface area contributed by atoms with Gasteiger partial charge in [-0.25, -0.2) is 9.78 Å². The lowest BCUT2D eigenvalue weighted by atomic mass is 10.1. The van der Waals surface area contributed by atoms with E-state index in [9.17, 15) is 4.79 Å². The maximum Gasteiger partial charge on any atom is 0.340 e. The van der Waals surface area contributed by atoms with Gasteiger partial charge in [-0.2, -0.15) is 0 Å². The molecule has 0 amide bonds. The normalized spacial score (nSPS) is 19.6. The van der Waals surface area contributed by atoms with E-state index in [0.717, 1.165) is 32.0 Å². The van der Waals surface area contributed by atoms with Crippen LogP contribution in [0.4, 0.5) is 11.5 Å². The standard InChI is InChI=1S/C15H24N4O2/c1-4-18-6-7-19(10-11(18)3)14-8-12(13(16)9-17-14)15(20)21-5-2/h8-9,11H,4-7,10,16H2,1-3H3. The Kier molecular flexibility index (Phi) is 5.01. The van der Waals surface area contributed by atoms with Crippen molar-refractivity contribution in [3.05, 3.63) is 17.8 Å². The van der Waals surface area contributed by atoms with E-state index in [0.29, 0.717) is 23.9 Å². The number of pyridine rings is 1. The van der Waals surface area contributed by atoms with Crippen molar-refractivity contribution in [3.8, 4) is 0 Å². The van der Waals surface area contributed by atoms with Crippen LogP contribution < -0.4 is 10.6 Å². The number of hydrogen-bond acceptors (Lipinski definition) is 6. The molecule has 6 heteroatoms. The van der Waals surface area contributed by atoms with E-state index in [1.54, 1.807) is 19.2 Å². The number of aromatic nitrogens is 1. The van der Waals surface area contributed by atoms with Gasteiger partial charge in [0, 0.05) is 25.7 Å². The summed E-state index contributed by atoms with van der Waals surface area (Å²) < 4.78 is 5.03. The number of nitrogens with zero attached hydrogens (tertiary/aromatic N) is 3. The predicted octanol–water partition coefficient (Wildman–Crippen LogP) is 1.37. The van der Waals surface area contributed by atoms with Crippen molar-refractivity contribution in [3.63, 3.8) is 0 Å². The first-order valence-corrected chi connectivity index (χ1v) is 7.48. The van der Waals surface area contributed by atoms with Crippen molar-refractivity contribution in [2.24, 2.45) is 0 Å². The summed E-state index contributed by atoms with van der Waals surface area (Å²) >= 11 is 0. The molecule has 0 aliphatic carbocycles. The number of nitrogens with two attached hydrogens (primary N) is 1. The third-order valence-corrected chi connectivity index (χ3v) is 3.91. The first kappa shape index (κ1) is 15.6. The molecule has 1 saturated heterocycles. The van der Waals surface area contributed by atoms with E-state index in [4.69, 9.17) is 10.5 Å². The minimum Gasteiger partial charge on any atom is -0.462 e. The number of ether oxygens (including phenoxy) is 1. The zero-order valence-electron chi connectivity index (χ0n) is 13.0. The molecule has 0 spiro atoms. The maximum absolute atomic E-state index is 11.9. The van der Waals surface area contributed by atoms with Crippen molar-refractivity contribution in [1.29, 1.82) is 0 Å². The van der Waals surface area contributed by atoms with Crippen molar-refractivity contribution in [1.82, 2.24) is 9.88 Å². The topological polar surface area (TPSA) is 71.7 Å². The highest BCUT2D eigenvalue weighted by Crippen LogP contribution is 2.21. The molecule has 1 aliphatic rings. The quantitative estimate of drug-likeness (QED) is 0.845. The van der Waals surface area contributed by atoms with Crippen LogP contribution in [-0.4, -0.2) is 54.7 Å². The SMILES string of the molecule is CCOC(=O)c1cc(N2CCN(CC)C(C)C2)ncc1N. The molecule has 1 aromatic rings. The Morgan fingerprint density at radius 1 is 1.48 bits per heavy atom. The van der Waals surface area contributed by atoms with Crippen molar-refractivity contribution >= 4 is 17.5 Å². The summed E-state index contributed by atoms with van der Waals surface area (Å²) in [7, 11) is 0. The number of anilines is 2. The summed E-state index contributed by atoms with van der Waals surface area (Å²) in [4.78, 5) is 20.9. The summed E-state index contributed by atoms with van der Waals surface area (Å²) in [5.74, 6) is 0.397. The number of carbonyl (C=O) groups excluding carboxylic acids is 1. The maximum atomic E-state index is 11.9. The molecule has 116 valence electrons. The number of nitrogen functional groups attached to an aromatic ring is 1. The highest BCUT2D eigenvalue weighted by Gasteiger charge is 2.24. The van der Waals surface area contributed by atoms with Gasteiger partial charge < -0.3 is 15.4 Å². The zero-order chi connectivity index (χ0) is 15.4. The molecule has 6 nitrogen and oxygen atoms in total. The van der Waals surface area contributed by atoms with Crippen molar-refractivity contribution in [2.45, 2.75) is 26.8 Å². The molecule has 0 bridgehead atoms. The summed E-state index contributed by atoms with van der Waals surface area (Å²) in [6.07, 6.45) is 1.54. The van der Waals surface area contributed by atoms with Crippen LogP contribution in [-0.2, 0) is 4.74 Å². The van der Waals surface area contributed by atoms with Crippen LogP contribution in [0.3, 0.4) is 0 Å². The Morgan fingerprint density at radius 3 is 2.86 bits per heavy atom. The molecule has 2 heterocycles. The molecule has 1 aromatic heterocycles. The number of piperazine rings is 1. The van der Waals surface area contributed by atoms with Crippen LogP contribution in [0, 0.1) is 0 Å². The predicted molar refractivity (Wildman–Crippen MR) is 83.5 cm³/mol. The van der Waals surface area contributed by atoms with Crippen molar-refractivity contribution < 1.29 is 9.53 Å². The van der Waals surface area contributed by atoms with Gasteiger partial charge in [0.2, 0.25) is 0 Å². The lowest BCUT2D eigenvalue weighted by Crippen LogP contribution is -2.52. The summed E-state index contributed by atoms with van der Waals surface area (Å²) in [6.45, 7) is 10.3. The van der Waals surface area contributed by atoms with Crippen molar-refractivity contribution in [2.75, 3.05) is 43.4 Å². The van der Waals surface area contributed by atoms with Gasteiger partial charge in [0.1, 0.15) is 5.82 Å². The number of carbonyl (C=O) groups is 1. The summed E-state index contributed by atoms with van der Waals surface area (Å²) in [6, 6.07) is 2.20. The van der Waals surface area contributed by atoms with E-state index in [1.165, 1.54) is 0 Å². The van der Waals surface area contributed by atoms with Gasteiger partial charge in [-0.05, 0) is 26.5 Å². The third kappa shape index (κ3) is 3.44. The molecule has 1 fully saturated rings. The van der Waals surface area contributed by atoms with Gasteiger partial charge in [0.15, 0.2) is 0 Å². The fourth-order valence-corrected chi connectivity index (χ4v) is 2.69. The molecule has 1 aliphatic heterocycles. The van der Waals surface area contributed by atoms with Crippen LogP contribution >= 0.6 is 0 Å². The van der Waals surface area contributed by atoms with Gasteiger partial charge in [-0.3, -0.25) is 4.90 Å². The number of rotatable bonds is 4. The van der Waals surface area contributed by atoms with Crippen LogP contribution in [0.1, 0.15) is 31.1 Å². The molecule has 2 rings (SSSR count). The first-order valence-electron chi connectivity index (χ1n) is 7.48. The monoisotopic (exact) mass is 292 g/mol. The van der Waals surface area contributed by atoms with E-state index in [-0.39, 0.29) is 5.97 Å². The smallest absolute Gasteiger partial charge is 0.340 e. The average molecular weight is 292 g/mol. The lowest BCUT2D eigenvalue weighted by Gasteiger charge is -2.40. The average Bonchev–Trinajstić information content (AvgIpc) is 2.48. The number of hydrogen-bond donors (Lipinski definition) is 1. The van der Waals surface area contributed by atoms with Gasteiger partial charge in [-0.15, -0.1) is 0 Å². The van der Waals surface area contributed by atoms with Crippen LogP contribution in [0.2, 0.25) is 0 Å². The fraction of sp³-hybridized carbons (Fsp3) is 0.600. The number of likely N-dealkylation sites (N-methyl/N-ethyl adjacent to an activating group) is 1. The molecular formula is C15H24N4O2. The minimum atomic E-state index is -0.390. The Balaban J connectivity index is 2.17. The fourth-order valence-electron chi connectivity index (χ4n) is 2.69. The highest BCUT2D eigenvalue weighted by atomic mass is 16.5. The van der Waals surface area contributed by atoms with E-state index in [2.05, 4.69) is 28.6 Å². The minimum absolute atomic E-state index is 0.335. The second-order valence-corrected chi connectivity index (χ2v) is 5.27. The van der Waals surface area contributed by atoms with Gasteiger partial charge in [-0.1, -0.05) is 6.92 Å². The highest BCUT2D eigenvalue weighted by molar-refractivity contribution is 5.95. The molecule has 2 N–H and O–H groups in total. The molecule has 0 saturated carbocycles. The van der Waals surface area contributed by atoms with Crippen LogP contribution in [0.15, 0.2) is 12.3 Å². The van der Waals surface area contributed by atoms with Crippen LogP contribution in [0.5, 0.6) is 0 Å². The Hall–Kier alpha value is -1.82. The zero-order valence-corrected chi connectivity index (χ0v) is 13.0. The summed E-state index contributed by atoms with van der Waals surface area (Å²) in [5.41, 5.74) is 6.59. The van der Waals surface area contributed by atoms with Gasteiger partial charge >= 0.3 is 5.97 Å². The number of esters is 1. The van der Waals surface area contributed by atoms with Crippen LogP contribution in [0.25, 0.3) is 0 Å². The van der Waals surface area contributed by atoms with E-state index < -0.39 is 0 Å². The largest absolute Gasteiger partial charge is 0.462 e. The van der Waals surface area contributed by atoms with E-state index in [1.807, 2.05) is 0 Å². The van der Waals surface area contributed by atoms with Gasteiger partial charge in [0.25, 0.3) is 0 Å². The second kappa shape index (κ2) is 6.76. The Labute approximate surface area is 125 Å². The molecule has 0 radical (unpaired) electrons. The molecule has 1 unspecified atom stereocenters. The third-order valence-electron chi connectivity index (χ3n) is 3.91. The Morgan fingerprint density at radius 2 is 2.24 bits per heavy atom. The molecule has 1 atom stereocenters. The molecular weight excluding hydrogens is 268 g/mol. The lowest BCUT2D eigenvalue weighted by molar-refractivity contribution is 0.0527. The molecule has 21 heavy (non-hydrogen) atoms. The Bertz CT molecular complexity index is 506. The summed E-state index contributed by atoms with van der Waals surface area (Å²) in [5, 5.41) is 0. The van der Waals surface area contributed by atoms with Gasteiger partial charge in [0.05, 0.1) is 24.1 Å².